The quantitative estimate of drug-likeness (QED) is 0.782. The summed E-state index contributed by atoms with van der Waals surface area (Å²) in [6.45, 7) is 0. The smallest absolute Gasteiger partial charge is 0.278 e. The summed E-state index contributed by atoms with van der Waals surface area (Å²) >= 11 is 0. The molecule has 7 nitrogen and oxygen atoms in total. The van der Waals surface area contributed by atoms with Gasteiger partial charge in [0.1, 0.15) is 5.69 Å². The second kappa shape index (κ2) is 4.96. The first kappa shape index (κ1) is 12.1. The fourth-order valence-electron chi connectivity index (χ4n) is 1.76. The zero-order chi connectivity index (χ0) is 13.9. The van der Waals surface area contributed by atoms with Gasteiger partial charge in [-0.3, -0.25) is 14.8 Å². The lowest BCUT2D eigenvalue weighted by Crippen LogP contribution is -2.14. The Hall–Kier alpha value is -2.96. The third-order valence-corrected chi connectivity index (χ3v) is 2.68. The number of furan rings is 1. The molecule has 0 atom stereocenters. The van der Waals surface area contributed by atoms with Crippen molar-refractivity contribution in [3.63, 3.8) is 0 Å². The number of hydrogen-bond donors (Lipinski definition) is 1. The number of nitrogens with one attached hydrogen (secondary N) is 1. The number of nitrogens with zero attached hydrogens (tertiary/aromatic N) is 4. The monoisotopic (exact) mass is 269 g/mol. The van der Waals surface area contributed by atoms with E-state index in [0.29, 0.717) is 11.5 Å². The van der Waals surface area contributed by atoms with E-state index in [9.17, 15) is 4.79 Å². The number of aryl methyl sites for hydroxylation is 1. The molecule has 0 aromatic carbocycles. The zero-order valence-corrected chi connectivity index (χ0v) is 10.6. The van der Waals surface area contributed by atoms with Crippen LogP contribution >= 0.6 is 0 Å². The lowest BCUT2D eigenvalue weighted by molar-refractivity contribution is 0.102. The molecule has 20 heavy (non-hydrogen) atoms. The van der Waals surface area contributed by atoms with E-state index in [4.69, 9.17) is 4.42 Å². The fraction of sp³-hybridized carbons (Fsp3) is 0.0769. The van der Waals surface area contributed by atoms with Crippen LogP contribution in [0.15, 0.2) is 47.3 Å². The number of aromatic nitrogens is 4. The normalized spacial score (nSPS) is 10.4. The molecule has 0 aliphatic heterocycles. The molecular weight excluding hydrogens is 258 g/mol. The van der Waals surface area contributed by atoms with Crippen LogP contribution in [0.4, 0.5) is 5.95 Å². The van der Waals surface area contributed by atoms with Crippen molar-refractivity contribution in [3.05, 3.63) is 48.6 Å². The van der Waals surface area contributed by atoms with E-state index in [-0.39, 0.29) is 17.5 Å². The SMILES string of the molecule is Cn1nc(C(=O)Nc2ncccn2)cc1-c1ccco1. The molecular formula is C13H11N5O2. The Morgan fingerprint density at radius 3 is 2.80 bits per heavy atom. The third-order valence-electron chi connectivity index (χ3n) is 2.68. The lowest BCUT2D eigenvalue weighted by Gasteiger charge is -1.99. The molecule has 3 aromatic heterocycles. The van der Waals surface area contributed by atoms with Crippen molar-refractivity contribution in [3.8, 4) is 11.5 Å². The van der Waals surface area contributed by atoms with Crippen LogP contribution in [0.1, 0.15) is 10.5 Å². The van der Waals surface area contributed by atoms with Crippen LogP contribution in [0.25, 0.3) is 11.5 Å². The molecule has 0 aliphatic rings. The molecule has 0 saturated heterocycles. The van der Waals surface area contributed by atoms with Crippen molar-refractivity contribution in [1.82, 2.24) is 19.7 Å². The van der Waals surface area contributed by atoms with Crippen molar-refractivity contribution in [1.29, 1.82) is 0 Å². The summed E-state index contributed by atoms with van der Waals surface area (Å²) in [5.41, 5.74) is 0.987. The van der Waals surface area contributed by atoms with E-state index in [1.165, 1.54) is 0 Å². The Kier molecular flexibility index (Phi) is 3.00. The van der Waals surface area contributed by atoms with E-state index in [2.05, 4.69) is 20.4 Å². The molecule has 0 aliphatic carbocycles. The molecule has 1 amide bonds. The van der Waals surface area contributed by atoms with Gasteiger partial charge in [-0.05, 0) is 18.2 Å². The maximum Gasteiger partial charge on any atom is 0.278 e. The van der Waals surface area contributed by atoms with Crippen LogP contribution in [0.2, 0.25) is 0 Å². The Balaban J connectivity index is 1.84. The van der Waals surface area contributed by atoms with Crippen molar-refractivity contribution < 1.29 is 9.21 Å². The van der Waals surface area contributed by atoms with E-state index in [1.807, 2.05) is 0 Å². The predicted molar refractivity (Wildman–Crippen MR) is 70.9 cm³/mol. The van der Waals surface area contributed by atoms with Gasteiger partial charge in [-0.15, -0.1) is 0 Å². The summed E-state index contributed by atoms with van der Waals surface area (Å²) in [5, 5.41) is 6.73. The number of rotatable bonds is 3. The van der Waals surface area contributed by atoms with Crippen molar-refractivity contribution in [2.24, 2.45) is 7.05 Å². The highest BCUT2D eigenvalue weighted by Gasteiger charge is 2.16. The second-order valence-corrected chi connectivity index (χ2v) is 4.04. The minimum atomic E-state index is -0.371. The first-order valence-corrected chi connectivity index (χ1v) is 5.90. The molecule has 7 heteroatoms. The Labute approximate surface area is 114 Å². The minimum Gasteiger partial charge on any atom is -0.463 e. The van der Waals surface area contributed by atoms with Gasteiger partial charge in [-0.25, -0.2) is 9.97 Å². The topological polar surface area (TPSA) is 85.8 Å². The molecule has 0 bridgehead atoms. The van der Waals surface area contributed by atoms with Gasteiger partial charge in [0.05, 0.1) is 6.26 Å². The van der Waals surface area contributed by atoms with Crippen LogP contribution in [0.3, 0.4) is 0 Å². The van der Waals surface area contributed by atoms with E-state index in [1.54, 1.807) is 54.7 Å². The Bertz CT molecular complexity index is 719. The summed E-state index contributed by atoms with van der Waals surface area (Å²) in [6.07, 6.45) is 4.67. The molecule has 1 N–H and O–H groups in total. The largest absolute Gasteiger partial charge is 0.463 e. The predicted octanol–water partition coefficient (Wildman–Crippen LogP) is 1.72. The minimum absolute atomic E-state index is 0.239. The summed E-state index contributed by atoms with van der Waals surface area (Å²) in [7, 11) is 1.74. The van der Waals surface area contributed by atoms with Gasteiger partial charge in [0.25, 0.3) is 5.91 Å². The van der Waals surface area contributed by atoms with Crippen molar-refractivity contribution in [2.75, 3.05) is 5.32 Å². The van der Waals surface area contributed by atoms with Crippen molar-refractivity contribution >= 4 is 11.9 Å². The van der Waals surface area contributed by atoms with Crippen LogP contribution in [0.5, 0.6) is 0 Å². The van der Waals surface area contributed by atoms with Crippen LogP contribution in [0, 0.1) is 0 Å². The number of carbonyl (C=O) groups is 1. The molecule has 0 fully saturated rings. The number of carbonyl (C=O) groups excluding carboxylic acids is 1. The van der Waals surface area contributed by atoms with E-state index >= 15 is 0 Å². The standard InChI is InChI=1S/C13H11N5O2/c1-18-10(11-4-2-7-20-11)8-9(17-18)12(19)16-13-14-5-3-6-15-13/h2-8H,1H3,(H,14,15,16,19). The molecule has 0 unspecified atom stereocenters. The van der Waals surface area contributed by atoms with Gasteiger partial charge in [0, 0.05) is 25.5 Å². The van der Waals surface area contributed by atoms with Gasteiger partial charge < -0.3 is 4.42 Å². The molecule has 3 aromatic rings. The third kappa shape index (κ3) is 2.28. The van der Waals surface area contributed by atoms with E-state index in [0.717, 1.165) is 0 Å². The van der Waals surface area contributed by atoms with Crippen molar-refractivity contribution in [2.45, 2.75) is 0 Å². The van der Waals surface area contributed by atoms with E-state index < -0.39 is 0 Å². The number of hydrogen-bond acceptors (Lipinski definition) is 5. The Morgan fingerprint density at radius 2 is 2.10 bits per heavy atom. The number of anilines is 1. The average molecular weight is 269 g/mol. The van der Waals surface area contributed by atoms with Gasteiger partial charge in [-0.2, -0.15) is 5.10 Å². The van der Waals surface area contributed by atoms with Crippen LogP contribution < -0.4 is 5.32 Å². The maximum atomic E-state index is 12.1. The summed E-state index contributed by atoms with van der Waals surface area (Å²) < 4.78 is 6.88. The average Bonchev–Trinajstić information content (AvgIpc) is 3.08. The fourth-order valence-corrected chi connectivity index (χ4v) is 1.76. The summed E-state index contributed by atoms with van der Waals surface area (Å²) in [5.74, 6) is 0.516. The van der Waals surface area contributed by atoms with Gasteiger partial charge in [0.2, 0.25) is 5.95 Å². The van der Waals surface area contributed by atoms with Gasteiger partial charge in [0.15, 0.2) is 11.5 Å². The first-order valence-electron chi connectivity index (χ1n) is 5.90. The maximum absolute atomic E-state index is 12.1. The highest BCUT2D eigenvalue weighted by atomic mass is 16.3. The molecule has 0 saturated carbocycles. The van der Waals surface area contributed by atoms with Crippen LogP contribution in [-0.4, -0.2) is 25.7 Å². The number of amides is 1. The summed E-state index contributed by atoms with van der Waals surface area (Å²) in [6, 6.07) is 6.90. The first-order chi connectivity index (χ1) is 9.74. The van der Waals surface area contributed by atoms with Gasteiger partial charge >= 0.3 is 0 Å². The summed E-state index contributed by atoms with van der Waals surface area (Å²) in [4.78, 5) is 19.9. The molecule has 0 spiro atoms. The highest BCUT2D eigenvalue weighted by molar-refractivity contribution is 6.02. The molecule has 0 radical (unpaired) electrons. The molecule has 100 valence electrons. The molecule has 3 heterocycles. The molecule has 3 rings (SSSR count). The second-order valence-electron chi connectivity index (χ2n) is 4.04. The highest BCUT2D eigenvalue weighted by Crippen LogP contribution is 2.20. The Morgan fingerprint density at radius 1 is 1.30 bits per heavy atom. The van der Waals surface area contributed by atoms with Gasteiger partial charge in [-0.1, -0.05) is 0 Å². The lowest BCUT2D eigenvalue weighted by atomic mass is 10.3. The van der Waals surface area contributed by atoms with Crippen LogP contribution in [-0.2, 0) is 7.05 Å². The zero-order valence-electron chi connectivity index (χ0n) is 10.6.